The van der Waals surface area contributed by atoms with E-state index in [1.54, 1.807) is 24.3 Å². The molecule has 3 N–H and O–H groups in total. The monoisotopic (exact) mass is 234 g/mol. The second-order valence-corrected chi connectivity index (χ2v) is 4.51. The highest BCUT2D eigenvalue weighted by molar-refractivity contribution is 5.94. The third kappa shape index (κ3) is 2.97. The largest absolute Gasteiger partial charge is 0.399 e. The van der Waals surface area contributed by atoms with Gasteiger partial charge in [0.25, 0.3) is 5.91 Å². The molecule has 1 fully saturated rings. The van der Waals surface area contributed by atoms with Crippen LogP contribution in [-0.4, -0.2) is 25.2 Å². The average molecular weight is 234 g/mol. The van der Waals surface area contributed by atoms with Crippen LogP contribution < -0.4 is 11.1 Å². The van der Waals surface area contributed by atoms with Crippen LogP contribution in [0.15, 0.2) is 24.3 Å². The molecule has 0 saturated carbocycles. The van der Waals surface area contributed by atoms with E-state index in [4.69, 9.17) is 10.5 Å². The molecule has 1 aromatic carbocycles. The molecule has 4 nitrogen and oxygen atoms in total. The van der Waals surface area contributed by atoms with Crippen LogP contribution in [-0.2, 0) is 4.74 Å². The van der Waals surface area contributed by atoms with Gasteiger partial charge in [0.05, 0.1) is 6.61 Å². The van der Waals surface area contributed by atoms with Gasteiger partial charge in [-0.25, -0.2) is 0 Å². The molecule has 2 rings (SSSR count). The molecule has 0 aliphatic carbocycles. The van der Waals surface area contributed by atoms with Gasteiger partial charge >= 0.3 is 0 Å². The first kappa shape index (κ1) is 11.9. The van der Waals surface area contributed by atoms with E-state index in [1.165, 1.54) is 0 Å². The van der Waals surface area contributed by atoms with Crippen molar-refractivity contribution in [2.45, 2.75) is 19.4 Å². The van der Waals surface area contributed by atoms with Gasteiger partial charge < -0.3 is 15.8 Å². The second kappa shape index (κ2) is 5.19. The number of nitrogen functional groups attached to an aromatic ring is 1. The predicted octanol–water partition coefficient (Wildman–Crippen LogP) is 1.42. The molecule has 1 aliphatic heterocycles. The van der Waals surface area contributed by atoms with Crippen molar-refractivity contribution in [1.82, 2.24) is 5.32 Å². The number of nitrogens with one attached hydrogen (secondary N) is 1. The summed E-state index contributed by atoms with van der Waals surface area (Å²) in [4.78, 5) is 11.9. The van der Waals surface area contributed by atoms with Gasteiger partial charge in [-0.2, -0.15) is 0 Å². The molecule has 1 saturated heterocycles. The maximum Gasteiger partial charge on any atom is 0.251 e. The first-order valence-electron chi connectivity index (χ1n) is 5.91. The fourth-order valence-corrected chi connectivity index (χ4v) is 1.99. The van der Waals surface area contributed by atoms with E-state index in [2.05, 4.69) is 5.32 Å². The summed E-state index contributed by atoms with van der Waals surface area (Å²) in [6.45, 7) is 3.56. The molecule has 0 bridgehead atoms. The summed E-state index contributed by atoms with van der Waals surface area (Å²) in [5.41, 5.74) is 6.89. The van der Waals surface area contributed by atoms with Crippen LogP contribution >= 0.6 is 0 Å². The molecule has 0 spiro atoms. The van der Waals surface area contributed by atoms with Crippen LogP contribution in [0.25, 0.3) is 0 Å². The molecule has 0 radical (unpaired) electrons. The van der Waals surface area contributed by atoms with Gasteiger partial charge in [-0.05, 0) is 37.6 Å². The van der Waals surface area contributed by atoms with Crippen molar-refractivity contribution in [1.29, 1.82) is 0 Å². The van der Waals surface area contributed by atoms with Crippen LogP contribution in [0.3, 0.4) is 0 Å². The average Bonchev–Trinajstić information content (AvgIpc) is 2.83. The third-order valence-electron chi connectivity index (χ3n) is 3.20. The molecular formula is C13H18N2O2. The Morgan fingerprint density at radius 2 is 2.18 bits per heavy atom. The van der Waals surface area contributed by atoms with E-state index in [1.807, 2.05) is 6.92 Å². The van der Waals surface area contributed by atoms with Gasteiger partial charge in [-0.3, -0.25) is 4.79 Å². The Bertz CT molecular complexity index is 383. The zero-order valence-electron chi connectivity index (χ0n) is 9.98. The summed E-state index contributed by atoms with van der Waals surface area (Å²) < 4.78 is 5.31. The minimum atomic E-state index is -0.0515. The Kier molecular flexibility index (Phi) is 3.64. The van der Waals surface area contributed by atoms with Crippen molar-refractivity contribution in [2.24, 2.45) is 5.92 Å². The maximum atomic E-state index is 11.9. The molecular weight excluding hydrogens is 216 g/mol. The van der Waals surface area contributed by atoms with Crippen LogP contribution in [0.2, 0.25) is 0 Å². The first-order chi connectivity index (χ1) is 8.16. The Hall–Kier alpha value is -1.55. The lowest BCUT2D eigenvalue weighted by molar-refractivity contribution is 0.0922. The van der Waals surface area contributed by atoms with Gasteiger partial charge in [0, 0.05) is 29.8 Å². The maximum absolute atomic E-state index is 11.9. The summed E-state index contributed by atoms with van der Waals surface area (Å²) in [5, 5.41) is 3.00. The molecule has 1 heterocycles. The van der Waals surface area contributed by atoms with E-state index in [0.717, 1.165) is 19.6 Å². The van der Waals surface area contributed by atoms with E-state index in [0.29, 0.717) is 17.2 Å². The fraction of sp³-hybridized carbons (Fsp3) is 0.462. The highest BCUT2D eigenvalue weighted by Gasteiger charge is 2.23. The van der Waals surface area contributed by atoms with Crippen molar-refractivity contribution >= 4 is 11.6 Å². The standard InChI is InChI=1S/C13H18N2O2/c1-9(11-6-7-17-8-11)15-13(16)10-2-4-12(14)5-3-10/h2-5,9,11H,6-8,14H2,1H3,(H,15,16). The van der Waals surface area contributed by atoms with Gasteiger partial charge in [-0.15, -0.1) is 0 Å². The van der Waals surface area contributed by atoms with Crippen molar-refractivity contribution in [3.05, 3.63) is 29.8 Å². The number of amides is 1. The van der Waals surface area contributed by atoms with Crippen LogP contribution in [0, 0.1) is 5.92 Å². The van der Waals surface area contributed by atoms with E-state index in [-0.39, 0.29) is 11.9 Å². The van der Waals surface area contributed by atoms with E-state index in [9.17, 15) is 4.79 Å². The summed E-state index contributed by atoms with van der Waals surface area (Å²) >= 11 is 0. The number of anilines is 1. The first-order valence-corrected chi connectivity index (χ1v) is 5.91. The lowest BCUT2D eigenvalue weighted by atomic mass is 10.0. The molecule has 1 aromatic rings. The summed E-state index contributed by atoms with van der Waals surface area (Å²) in [6.07, 6.45) is 1.02. The predicted molar refractivity (Wildman–Crippen MR) is 66.7 cm³/mol. The molecule has 2 atom stereocenters. The molecule has 2 unspecified atom stereocenters. The minimum Gasteiger partial charge on any atom is -0.399 e. The number of hydrogen-bond acceptors (Lipinski definition) is 3. The molecule has 0 aromatic heterocycles. The Morgan fingerprint density at radius 1 is 1.47 bits per heavy atom. The summed E-state index contributed by atoms with van der Waals surface area (Å²) in [6, 6.07) is 7.09. The number of benzene rings is 1. The summed E-state index contributed by atoms with van der Waals surface area (Å²) in [7, 11) is 0. The van der Waals surface area contributed by atoms with Crippen molar-refractivity contribution in [3.63, 3.8) is 0 Å². The lowest BCUT2D eigenvalue weighted by Crippen LogP contribution is -2.38. The number of hydrogen-bond donors (Lipinski definition) is 2. The van der Waals surface area contributed by atoms with Crippen molar-refractivity contribution in [3.8, 4) is 0 Å². The second-order valence-electron chi connectivity index (χ2n) is 4.51. The van der Waals surface area contributed by atoms with Crippen LogP contribution in [0.1, 0.15) is 23.7 Å². The summed E-state index contributed by atoms with van der Waals surface area (Å²) in [5.74, 6) is 0.372. The van der Waals surface area contributed by atoms with Crippen LogP contribution in [0.5, 0.6) is 0 Å². The number of carbonyl (C=O) groups is 1. The lowest BCUT2D eigenvalue weighted by Gasteiger charge is -2.19. The van der Waals surface area contributed by atoms with Gasteiger partial charge in [0.1, 0.15) is 0 Å². The smallest absolute Gasteiger partial charge is 0.251 e. The highest BCUT2D eigenvalue weighted by Crippen LogP contribution is 2.16. The van der Waals surface area contributed by atoms with Crippen molar-refractivity contribution in [2.75, 3.05) is 18.9 Å². The topological polar surface area (TPSA) is 64.4 Å². The Balaban J connectivity index is 1.94. The van der Waals surface area contributed by atoms with Gasteiger partial charge in [-0.1, -0.05) is 0 Å². The number of ether oxygens (including phenoxy) is 1. The fourth-order valence-electron chi connectivity index (χ4n) is 1.99. The zero-order chi connectivity index (χ0) is 12.3. The normalized spacial score (nSPS) is 21.1. The minimum absolute atomic E-state index is 0.0515. The number of rotatable bonds is 3. The Labute approximate surface area is 101 Å². The Morgan fingerprint density at radius 3 is 2.76 bits per heavy atom. The third-order valence-corrected chi connectivity index (χ3v) is 3.20. The van der Waals surface area contributed by atoms with Crippen LogP contribution in [0.4, 0.5) is 5.69 Å². The number of carbonyl (C=O) groups excluding carboxylic acids is 1. The highest BCUT2D eigenvalue weighted by atomic mass is 16.5. The molecule has 1 aliphatic rings. The SMILES string of the molecule is CC(NC(=O)c1ccc(N)cc1)C1CCOC1. The zero-order valence-corrected chi connectivity index (χ0v) is 9.98. The van der Waals surface area contributed by atoms with E-state index >= 15 is 0 Å². The molecule has 92 valence electrons. The van der Waals surface area contributed by atoms with Gasteiger partial charge in [0.15, 0.2) is 0 Å². The molecule has 4 heteroatoms. The molecule has 1 amide bonds. The van der Waals surface area contributed by atoms with Gasteiger partial charge in [0.2, 0.25) is 0 Å². The van der Waals surface area contributed by atoms with Crippen molar-refractivity contribution < 1.29 is 9.53 Å². The molecule has 17 heavy (non-hydrogen) atoms. The number of nitrogens with two attached hydrogens (primary N) is 1. The quantitative estimate of drug-likeness (QED) is 0.777. The van der Waals surface area contributed by atoms with E-state index < -0.39 is 0 Å².